The molecular formula is C11H15N3. The monoisotopic (exact) mass is 189 g/mol. The first-order valence-electron chi connectivity index (χ1n) is 4.92. The maximum absolute atomic E-state index is 8.70. The minimum Gasteiger partial charge on any atom is -0.367 e. The van der Waals surface area contributed by atoms with E-state index in [1.54, 1.807) is 18.3 Å². The second-order valence-corrected chi connectivity index (χ2v) is 3.20. The fourth-order valence-electron chi connectivity index (χ4n) is 1.28. The van der Waals surface area contributed by atoms with E-state index < -0.39 is 0 Å². The molecule has 1 aromatic rings. The molecule has 74 valence electrons. The molecule has 0 spiro atoms. The van der Waals surface area contributed by atoms with Crippen LogP contribution in [0.4, 0.5) is 5.82 Å². The van der Waals surface area contributed by atoms with E-state index in [0.717, 1.165) is 18.7 Å². The Hall–Kier alpha value is -1.56. The standard InChI is InChI=1S/C11H15N3/c1-3-10(4-2)14-11-7-9(8-12)5-6-13-11/h5-7,10H,3-4H2,1-2H3,(H,13,14). The molecule has 1 rings (SSSR count). The number of pyridine rings is 1. The van der Waals surface area contributed by atoms with Crippen LogP contribution >= 0.6 is 0 Å². The number of hydrogen-bond donors (Lipinski definition) is 1. The molecule has 0 amide bonds. The van der Waals surface area contributed by atoms with Crippen LogP contribution in [-0.4, -0.2) is 11.0 Å². The lowest BCUT2D eigenvalue weighted by molar-refractivity contribution is 0.668. The maximum Gasteiger partial charge on any atom is 0.127 e. The second-order valence-electron chi connectivity index (χ2n) is 3.20. The molecule has 0 aromatic carbocycles. The lowest BCUT2D eigenvalue weighted by Crippen LogP contribution is -2.17. The van der Waals surface area contributed by atoms with Gasteiger partial charge in [0.15, 0.2) is 0 Å². The molecule has 1 N–H and O–H groups in total. The highest BCUT2D eigenvalue weighted by atomic mass is 15.0. The molecule has 14 heavy (non-hydrogen) atoms. The van der Waals surface area contributed by atoms with Crippen molar-refractivity contribution in [2.45, 2.75) is 32.7 Å². The van der Waals surface area contributed by atoms with Crippen molar-refractivity contribution in [1.82, 2.24) is 4.98 Å². The number of nitriles is 1. The van der Waals surface area contributed by atoms with Gasteiger partial charge in [-0.2, -0.15) is 5.26 Å². The quantitative estimate of drug-likeness (QED) is 0.791. The highest BCUT2D eigenvalue weighted by Crippen LogP contribution is 2.10. The first-order chi connectivity index (χ1) is 6.80. The Balaban J connectivity index is 2.72. The Kier molecular flexibility index (Phi) is 3.93. The van der Waals surface area contributed by atoms with Crippen LogP contribution in [0, 0.1) is 11.3 Å². The van der Waals surface area contributed by atoms with Crippen LogP contribution in [0.25, 0.3) is 0 Å². The van der Waals surface area contributed by atoms with Crippen molar-refractivity contribution in [3.8, 4) is 6.07 Å². The predicted molar refractivity (Wildman–Crippen MR) is 56.9 cm³/mol. The summed E-state index contributed by atoms with van der Waals surface area (Å²) in [4.78, 5) is 4.16. The van der Waals surface area contributed by atoms with E-state index in [1.165, 1.54) is 0 Å². The second kappa shape index (κ2) is 5.23. The molecule has 0 aliphatic heterocycles. The van der Waals surface area contributed by atoms with E-state index in [0.29, 0.717) is 11.6 Å². The summed E-state index contributed by atoms with van der Waals surface area (Å²) in [6.45, 7) is 4.27. The van der Waals surface area contributed by atoms with Crippen LogP contribution in [0.15, 0.2) is 18.3 Å². The molecule has 0 saturated carbocycles. The molecule has 3 heteroatoms. The Labute approximate surface area is 84.8 Å². The highest BCUT2D eigenvalue weighted by Gasteiger charge is 2.03. The van der Waals surface area contributed by atoms with Crippen molar-refractivity contribution in [3.63, 3.8) is 0 Å². The summed E-state index contributed by atoms with van der Waals surface area (Å²) >= 11 is 0. The first kappa shape index (κ1) is 10.5. The van der Waals surface area contributed by atoms with Crippen LogP contribution in [0.2, 0.25) is 0 Å². The summed E-state index contributed by atoms with van der Waals surface area (Å²) in [5, 5.41) is 12.0. The number of nitrogens with one attached hydrogen (secondary N) is 1. The normalized spacial score (nSPS) is 9.86. The van der Waals surface area contributed by atoms with Crippen LogP contribution in [-0.2, 0) is 0 Å². The number of aromatic nitrogens is 1. The number of rotatable bonds is 4. The van der Waals surface area contributed by atoms with Gasteiger partial charge in [-0.3, -0.25) is 0 Å². The van der Waals surface area contributed by atoms with Gasteiger partial charge in [0.2, 0.25) is 0 Å². The lowest BCUT2D eigenvalue weighted by Gasteiger charge is -2.14. The van der Waals surface area contributed by atoms with E-state index in [1.807, 2.05) is 0 Å². The molecular weight excluding hydrogens is 174 g/mol. The van der Waals surface area contributed by atoms with Crippen molar-refractivity contribution in [2.75, 3.05) is 5.32 Å². The van der Waals surface area contributed by atoms with E-state index in [4.69, 9.17) is 5.26 Å². The summed E-state index contributed by atoms with van der Waals surface area (Å²) in [7, 11) is 0. The summed E-state index contributed by atoms with van der Waals surface area (Å²) in [5.74, 6) is 0.790. The van der Waals surface area contributed by atoms with Gasteiger partial charge in [0.1, 0.15) is 5.82 Å². The molecule has 0 aliphatic carbocycles. The number of nitrogens with zero attached hydrogens (tertiary/aromatic N) is 2. The minimum atomic E-state index is 0.441. The third kappa shape index (κ3) is 2.74. The third-order valence-corrected chi connectivity index (χ3v) is 2.23. The molecule has 0 aliphatic rings. The Bertz CT molecular complexity index is 324. The average molecular weight is 189 g/mol. The summed E-state index contributed by atoms with van der Waals surface area (Å²) in [6.07, 6.45) is 3.78. The first-order valence-corrected chi connectivity index (χ1v) is 4.92. The molecule has 0 saturated heterocycles. The van der Waals surface area contributed by atoms with E-state index in [9.17, 15) is 0 Å². The lowest BCUT2D eigenvalue weighted by atomic mass is 10.1. The molecule has 0 fully saturated rings. The van der Waals surface area contributed by atoms with Gasteiger partial charge < -0.3 is 5.32 Å². The third-order valence-electron chi connectivity index (χ3n) is 2.23. The summed E-state index contributed by atoms with van der Waals surface area (Å²) < 4.78 is 0. The van der Waals surface area contributed by atoms with Gasteiger partial charge in [-0.1, -0.05) is 13.8 Å². The van der Waals surface area contributed by atoms with Crippen molar-refractivity contribution < 1.29 is 0 Å². The molecule has 0 unspecified atom stereocenters. The van der Waals surface area contributed by atoms with Crippen LogP contribution in [0.3, 0.4) is 0 Å². The number of hydrogen-bond acceptors (Lipinski definition) is 3. The maximum atomic E-state index is 8.70. The van der Waals surface area contributed by atoms with Gasteiger partial charge in [-0.25, -0.2) is 4.98 Å². The van der Waals surface area contributed by atoms with Crippen molar-refractivity contribution in [3.05, 3.63) is 23.9 Å². The van der Waals surface area contributed by atoms with E-state index >= 15 is 0 Å². The van der Waals surface area contributed by atoms with Gasteiger partial charge in [0, 0.05) is 12.2 Å². The van der Waals surface area contributed by atoms with Gasteiger partial charge in [0.05, 0.1) is 11.6 Å². The van der Waals surface area contributed by atoms with Crippen LogP contribution in [0.5, 0.6) is 0 Å². The zero-order valence-corrected chi connectivity index (χ0v) is 8.62. The summed E-state index contributed by atoms with van der Waals surface area (Å²) in [5.41, 5.74) is 0.647. The topological polar surface area (TPSA) is 48.7 Å². The number of anilines is 1. The zero-order valence-electron chi connectivity index (χ0n) is 8.62. The van der Waals surface area contributed by atoms with Crippen LogP contribution < -0.4 is 5.32 Å². The van der Waals surface area contributed by atoms with Gasteiger partial charge in [-0.05, 0) is 25.0 Å². The van der Waals surface area contributed by atoms with Crippen molar-refractivity contribution in [2.24, 2.45) is 0 Å². The zero-order chi connectivity index (χ0) is 10.4. The van der Waals surface area contributed by atoms with E-state index in [-0.39, 0.29) is 0 Å². The van der Waals surface area contributed by atoms with Gasteiger partial charge in [-0.15, -0.1) is 0 Å². The Morgan fingerprint density at radius 3 is 2.79 bits per heavy atom. The average Bonchev–Trinajstić information content (AvgIpc) is 2.26. The summed E-state index contributed by atoms with van der Waals surface area (Å²) in [6, 6.07) is 6.02. The highest BCUT2D eigenvalue weighted by molar-refractivity contribution is 5.42. The molecule has 0 radical (unpaired) electrons. The molecule has 1 aromatic heterocycles. The largest absolute Gasteiger partial charge is 0.367 e. The smallest absolute Gasteiger partial charge is 0.127 e. The molecule has 1 heterocycles. The fourth-order valence-corrected chi connectivity index (χ4v) is 1.28. The van der Waals surface area contributed by atoms with Crippen molar-refractivity contribution >= 4 is 5.82 Å². The molecule has 3 nitrogen and oxygen atoms in total. The SMILES string of the molecule is CCC(CC)Nc1cc(C#N)ccn1. The molecule has 0 bridgehead atoms. The molecule has 0 atom stereocenters. The fraction of sp³-hybridized carbons (Fsp3) is 0.455. The Morgan fingerprint density at radius 2 is 2.21 bits per heavy atom. The predicted octanol–water partition coefficient (Wildman–Crippen LogP) is 2.55. The van der Waals surface area contributed by atoms with Gasteiger partial charge >= 0.3 is 0 Å². The van der Waals surface area contributed by atoms with E-state index in [2.05, 4.69) is 30.2 Å². The van der Waals surface area contributed by atoms with Gasteiger partial charge in [0.25, 0.3) is 0 Å². The minimum absolute atomic E-state index is 0.441. The Morgan fingerprint density at radius 1 is 1.50 bits per heavy atom. The van der Waals surface area contributed by atoms with Crippen molar-refractivity contribution in [1.29, 1.82) is 5.26 Å². The van der Waals surface area contributed by atoms with Crippen LogP contribution in [0.1, 0.15) is 32.3 Å².